The van der Waals surface area contributed by atoms with Gasteiger partial charge in [-0.2, -0.15) is 0 Å². The molecule has 0 rings (SSSR count). The summed E-state index contributed by atoms with van der Waals surface area (Å²) in [5.74, 6) is -0.0970. The van der Waals surface area contributed by atoms with Crippen LogP contribution in [0, 0.1) is 0 Å². The van der Waals surface area contributed by atoms with Crippen molar-refractivity contribution < 1.29 is 9.53 Å². The van der Waals surface area contributed by atoms with E-state index in [0.717, 1.165) is 25.7 Å². The van der Waals surface area contributed by atoms with Gasteiger partial charge in [-0.3, -0.25) is 4.79 Å². The van der Waals surface area contributed by atoms with Gasteiger partial charge in [0.05, 0.1) is 0 Å². The molecule has 0 spiro atoms. The third-order valence-corrected chi connectivity index (χ3v) is 1.85. The number of carbonyl (C=O) groups excluding carboxylic acids is 1. The molecule has 1 atom stereocenters. The standard InChI is InChI=1S/C11H20O2/c1-4-7-9-11(12)13-10(6-3)8-5-2/h6,10H,3-5,7-9H2,1-2H3. The summed E-state index contributed by atoms with van der Waals surface area (Å²) in [7, 11) is 0. The molecular weight excluding hydrogens is 164 g/mol. The van der Waals surface area contributed by atoms with E-state index in [-0.39, 0.29) is 12.1 Å². The van der Waals surface area contributed by atoms with Gasteiger partial charge < -0.3 is 4.74 Å². The third kappa shape index (κ3) is 6.38. The SMILES string of the molecule is C=CC(CCC)OC(=O)CCCC. The lowest BCUT2D eigenvalue weighted by atomic mass is 10.2. The summed E-state index contributed by atoms with van der Waals surface area (Å²) in [5, 5.41) is 0. The van der Waals surface area contributed by atoms with Gasteiger partial charge in [-0.05, 0) is 12.8 Å². The molecule has 0 aliphatic heterocycles. The fourth-order valence-corrected chi connectivity index (χ4v) is 1.06. The van der Waals surface area contributed by atoms with Crippen molar-refractivity contribution in [1.82, 2.24) is 0 Å². The van der Waals surface area contributed by atoms with Crippen LogP contribution in [0.25, 0.3) is 0 Å². The van der Waals surface area contributed by atoms with Crippen LogP contribution in [-0.4, -0.2) is 12.1 Å². The van der Waals surface area contributed by atoms with E-state index in [4.69, 9.17) is 4.74 Å². The number of carbonyl (C=O) groups is 1. The largest absolute Gasteiger partial charge is 0.458 e. The molecule has 0 amide bonds. The van der Waals surface area contributed by atoms with Crippen LogP contribution in [0.2, 0.25) is 0 Å². The molecule has 0 aromatic carbocycles. The molecule has 2 nitrogen and oxygen atoms in total. The summed E-state index contributed by atoms with van der Waals surface area (Å²) in [4.78, 5) is 11.2. The van der Waals surface area contributed by atoms with Gasteiger partial charge in [0.15, 0.2) is 0 Å². The van der Waals surface area contributed by atoms with Gasteiger partial charge in [0.25, 0.3) is 0 Å². The Morgan fingerprint density at radius 1 is 1.46 bits per heavy atom. The lowest BCUT2D eigenvalue weighted by molar-refractivity contribution is -0.147. The maximum Gasteiger partial charge on any atom is 0.306 e. The maximum absolute atomic E-state index is 11.2. The van der Waals surface area contributed by atoms with Crippen molar-refractivity contribution in [2.75, 3.05) is 0 Å². The van der Waals surface area contributed by atoms with Crippen LogP contribution in [-0.2, 0) is 9.53 Å². The fraction of sp³-hybridized carbons (Fsp3) is 0.727. The zero-order chi connectivity index (χ0) is 10.1. The zero-order valence-electron chi connectivity index (χ0n) is 8.71. The molecule has 0 aromatic heterocycles. The highest BCUT2D eigenvalue weighted by Crippen LogP contribution is 2.06. The minimum atomic E-state index is -0.0970. The van der Waals surface area contributed by atoms with E-state index in [9.17, 15) is 4.79 Å². The summed E-state index contributed by atoms with van der Waals surface area (Å²) < 4.78 is 5.19. The maximum atomic E-state index is 11.2. The average molecular weight is 184 g/mol. The molecule has 0 saturated heterocycles. The Hall–Kier alpha value is -0.790. The molecule has 0 bridgehead atoms. The van der Waals surface area contributed by atoms with Gasteiger partial charge in [-0.25, -0.2) is 0 Å². The summed E-state index contributed by atoms with van der Waals surface area (Å²) >= 11 is 0. The van der Waals surface area contributed by atoms with Gasteiger partial charge in [0.1, 0.15) is 6.10 Å². The highest BCUT2D eigenvalue weighted by Gasteiger charge is 2.08. The number of unbranched alkanes of at least 4 members (excludes halogenated alkanes) is 1. The van der Waals surface area contributed by atoms with E-state index in [1.807, 2.05) is 0 Å². The average Bonchev–Trinajstić information content (AvgIpc) is 2.14. The van der Waals surface area contributed by atoms with Crippen molar-refractivity contribution in [2.24, 2.45) is 0 Å². The van der Waals surface area contributed by atoms with E-state index in [2.05, 4.69) is 20.4 Å². The first-order chi connectivity index (χ1) is 6.24. The topological polar surface area (TPSA) is 26.3 Å². The molecule has 0 radical (unpaired) electrons. The van der Waals surface area contributed by atoms with Crippen LogP contribution in [0.4, 0.5) is 0 Å². The molecule has 0 fully saturated rings. The predicted molar refractivity (Wildman–Crippen MR) is 54.5 cm³/mol. The molecule has 76 valence electrons. The van der Waals surface area contributed by atoms with Gasteiger partial charge >= 0.3 is 5.97 Å². The summed E-state index contributed by atoms with van der Waals surface area (Å²) in [5.41, 5.74) is 0. The predicted octanol–water partition coefficient (Wildman–Crippen LogP) is 3.07. The quantitative estimate of drug-likeness (QED) is 0.449. The number of ether oxygens (including phenoxy) is 1. The highest BCUT2D eigenvalue weighted by atomic mass is 16.5. The second-order valence-corrected chi connectivity index (χ2v) is 3.16. The fourth-order valence-electron chi connectivity index (χ4n) is 1.06. The molecule has 13 heavy (non-hydrogen) atoms. The van der Waals surface area contributed by atoms with Crippen molar-refractivity contribution in [3.05, 3.63) is 12.7 Å². The van der Waals surface area contributed by atoms with Crippen LogP contribution in [0.15, 0.2) is 12.7 Å². The van der Waals surface area contributed by atoms with Gasteiger partial charge in [-0.15, -0.1) is 0 Å². The second kappa shape index (κ2) is 7.84. The van der Waals surface area contributed by atoms with Gasteiger partial charge in [0, 0.05) is 6.42 Å². The lowest BCUT2D eigenvalue weighted by Crippen LogP contribution is -2.15. The monoisotopic (exact) mass is 184 g/mol. The van der Waals surface area contributed by atoms with Crippen LogP contribution in [0.5, 0.6) is 0 Å². The third-order valence-electron chi connectivity index (χ3n) is 1.85. The Balaban J connectivity index is 3.66. The summed E-state index contributed by atoms with van der Waals surface area (Å²) in [6, 6.07) is 0. The van der Waals surface area contributed by atoms with Crippen LogP contribution >= 0.6 is 0 Å². The molecule has 2 heteroatoms. The zero-order valence-corrected chi connectivity index (χ0v) is 8.71. The van der Waals surface area contributed by atoms with Gasteiger partial charge in [-0.1, -0.05) is 39.3 Å². The van der Waals surface area contributed by atoms with Crippen molar-refractivity contribution in [2.45, 2.75) is 52.1 Å². The molecule has 0 aliphatic rings. The number of hydrogen-bond donors (Lipinski definition) is 0. The lowest BCUT2D eigenvalue weighted by Gasteiger charge is -2.12. The Morgan fingerprint density at radius 2 is 2.15 bits per heavy atom. The van der Waals surface area contributed by atoms with Crippen LogP contribution in [0.3, 0.4) is 0 Å². The molecular formula is C11H20O2. The summed E-state index contributed by atoms with van der Waals surface area (Å²) in [6.45, 7) is 7.76. The Bertz CT molecular complexity index is 152. The van der Waals surface area contributed by atoms with E-state index in [0.29, 0.717) is 6.42 Å². The van der Waals surface area contributed by atoms with E-state index in [1.54, 1.807) is 6.08 Å². The van der Waals surface area contributed by atoms with Crippen LogP contribution in [0.1, 0.15) is 46.0 Å². The summed E-state index contributed by atoms with van der Waals surface area (Å²) in [6.07, 6.45) is 5.97. The van der Waals surface area contributed by atoms with Crippen molar-refractivity contribution in [3.8, 4) is 0 Å². The van der Waals surface area contributed by atoms with Crippen molar-refractivity contribution in [3.63, 3.8) is 0 Å². The minimum Gasteiger partial charge on any atom is -0.458 e. The van der Waals surface area contributed by atoms with Crippen molar-refractivity contribution >= 4 is 5.97 Å². The normalized spacial score (nSPS) is 12.2. The molecule has 0 heterocycles. The first kappa shape index (κ1) is 12.2. The first-order valence-corrected chi connectivity index (χ1v) is 5.06. The molecule has 0 saturated carbocycles. The highest BCUT2D eigenvalue weighted by molar-refractivity contribution is 5.69. The smallest absolute Gasteiger partial charge is 0.306 e. The number of hydrogen-bond acceptors (Lipinski definition) is 2. The van der Waals surface area contributed by atoms with Crippen LogP contribution < -0.4 is 0 Å². The Kier molecular flexibility index (Phi) is 7.36. The Labute approximate surface area is 81.0 Å². The second-order valence-electron chi connectivity index (χ2n) is 3.16. The number of rotatable bonds is 7. The molecule has 0 aliphatic carbocycles. The Morgan fingerprint density at radius 3 is 2.62 bits per heavy atom. The minimum absolute atomic E-state index is 0.0886. The van der Waals surface area contributed by atoms with Crippen molar-refractivity contribution in [1.29, 1.82) is 0 Å². The number of esters is 1. The van der Waals surface area contributed by atoms with E-state index < -0.39 is 0 Å². The molecule has 0 N–H and O–H groups in total. The molecule has 1 unspecified atom stereocenters. The first-order valence-electron chi connectivity index (χ1n) is 5.06. The molecule has 0 aromatic rings. The van der Waals surface area contributed by atoms with Gasteiger partial charge in [0.2, 0.25) is 0 Å². The van der Waals surface area contributed by atoms with E-state index >= 15 is 0 Å². The van der Waals surface area contributed by atoms with E-state index in [1.165, 1.54) is 0 Å².